The fourth-order valence-corrected chi connectivity index (χ4v) is 2.36. The Morgan fingerprint density at radius 3 is 2.25 bits per heavy atom. The third kappa shape index (κ3) is 3.17. The molecule has 104 valence electrons. The highest BCUT2D eigenvalue weighted by molar-refractivity contribution is 9.10. The van der Waals surface area contributed by atoms with Crippen molar-refractivity contribution in [3.63, 3.8) is 0 Å². The van der Waals surface area contributed by atoms with Crippen LogP contribution in [0.4, 0.5) is 5.69 Å². The second-order valence-electron chi connectivity index (χ2n) is 3.92. The molecule has 0 saturated carbocycles. The van der Waals surface area contributed by atoms with Gasteiger partial charge in [0.1, 0.15) is 11.5 Å². The van der Waals surface area contributed by atoms with Crippen molar-refractivity contribution in [3.05, 3.63) is 50.4 Å². The lowest BCUT2D eigenvalue weighted by molar-refractivity contribution is 0.102. The van der Waals surface area contributed by atoms with Crippen molar-refractivity contribution in [1.82, 2.24) is 0 Å². The molecule has 2 aromatic carbocycles. The molecule has 0 atom stereocenters. The Balaban J connectivity index is 2.30. The smallest absolute Gasteiger partial charge is 0.255 e. The number of aromatic hydroxyl groups is 2. The minimum absolute atomic E-state index is 0.0950. The van der Waals surface area contributed by atoms with Crippen molar-refractivity contribution in [2.75, 3.05) is 5.32 Å². The minimum Gasteiger partial charge on any atom is -0.508 e. The lowest BCUT2D eigenvalue weighted by Crippen LogP contribution is -2.12. The van der Waals surface area contributed by atoms with E-state index in [4.69, 9.17) is 23.2 Å². The van der Waals surface area contributed by atoms with Crippen molar-refractivity contribution >= 4 is 50.7 Å². The van der Waals surface area contributed by atoms with E-state index < -0.39 is 5.91 Å². The van der Waals surface area contributed by atoms with Gasteiger partial charge in [-0.25, -0.2) is 0 Å². The summed E-state index contributed by atoms with van der Waals surface area (Å²) in [6.07, 6.45) is 0. The molecule has 0 aromatic heterocycles. The van der Waals surface area contributed by atoms with Crippen LogP contribution in [0.1, 0.15) is 10.4 Å². The Labute approximate surface area is 133 Å². The molecule has 0 aliphatic rings. The third-order valence-corrected chi connectivity index (χ3v) is 4.22. The number of amides is 1. The first-order valence-electron chi connectivity index (χ1n) is 5.36. The number of halogens is 3. The molecule has 7 heteroatoms. The van der Waals surface area contributed by atoms with Gasteiger partial charge in [0, 0.05) is 16.1 Å². The van der Waals surface area contributed by atoms with Crippen LogP contribution in [0.3, 0.4) is 0 Å². The lowest BCUT2D eigenvalue weighted by Gasteiger charge is -2.10. The zero-order chi connectivity index (χ0) is 14.9. The van der Waals surface area contributed by atoms with Crippen LogP contribution in [-0.4, -0.2) is 16.1 Å². The van der Waals surface area contributed by atoms with Gasteiger partial charge in [-0.3, -0.25) is 4.79 Å². The standard InChI is InChI=1S/C13H8BrCl2NO3/c14-9-1-2-10(12(16)11(9)15)17-13(20)6-3-7(18)5-8(19)4-6/h1-5,18-19H,(H,17,20). The predicted molar refractivity (Wildman–Crippen MR) is 81.9 cm³/mol. The molecule has 0 unspecified atom stereocenters. The summed E-state index contributed by atoms with van der Waals surface area (Å²) in [6, 6.07) is 6.80. The van der Waals surface area contributed by atoms with E-state index in [-0.39, 0.29) is 27.1 Å². The third-order valence-electron chi connectivity index (χ3n) is 2.45. The summed E-state index contributed by atoms with van der Waals surface area (Å²) in [7, 11) is 0. The summed E-state index contributed by atoms with van der Waals surface area (Å²) in [4.78, 5) is 12.0. The zero-order valence-corrected chi connectivity index (χ0v) is 12.9. The van der Waals surface area contributed by atoms with E-state index in [9.17, 15) is 15.0 Å². The second-order valence-corrected chi connectivity index (χ2v) is 5.53. The van der Waals surface area contributed by atoms with Crippen molar-refractivity contribution in [2.24, 2.45) is 0 Å². The fraction of sp³-hybridized carbons (Fsp3) is 0. The van der Waals surface area contributed by atoms with E-state index >= 15 is 0 Å². The topological polar surface area (TPSA) is 69.6 Å². The lowest BCUT2D eigenvalue weighted by atomic mass is 10.2. The van der Waals surface area contributed by atoms with Crippen LogP contribution >= 0.6 is 39.1 Å². The van der Waals surface area contributed by atoms with Crippen LogP contribution in [0.25, 0.3) is 0 Å². The maximum atomic E-state index is 12.0. The molecule has 0 heterocycles. The number of phenolic OH excluding ortho intramolecular Hbond substituents is 2. The average molecular weight is 377 g/mol. The molecular formula is C13H8BrCl2NO3. The highest BCUT2D eigenvalue weighted by atomic mass is 79.9. The molecule has 0 radical (unpaired) electrons. The van der Waals surface area contributed by atoms with E-state index in [1.165, 1.54) is 12.1 Å². The number of carbonyl (C=O) groups is 1. The molecule has 2 aromatic rings. The van der Waals surface area contributed by atoms with Crippen LogP contribution in [0, 0.1) is 0 Å². The molecule has 1 amide bonds. The number of phenols is 2. The first-order valence-corrected chi connectivity index (χ1v) is 6.91. The van der Waals surface area contributed by atoms with Crippen LogP contribution in [-0.2, 0) is 0 Å². The normalized spacial score (nSPS) is 10.3. The highest BCUT2D eigenvalue weighted by Gasteiger charge is 2.13. The monoisotopic (exact) mass is 375 g/mol. The van der Waals surface area contributed by atoms with Gasteiger partial charge in [-0.2, -0.15) is 0 Å². The van der Waals surface area contributed by atoms with Crippen LogP contribution in [0.5, 0.6) is 11.5 Å². The summed E-state index contributed by atoms with van der Waals surface area (Å²) in [5.74, 6) is -0.957. The summed E-state index contributed by atoms with van der Waals surface area (Å²) in [6.45, 7) is 0. The molecule has 2 rings (SSSR count). The first kappa shape index (κ1) is 15.0. The van der Waals surface area contributed by atoms with Gasteiger partial charge in [-0.1, -0.05) is 23.2 Å². The summed E-state index contributed by atoms with van der Waals surface area (Å²) in [5.41, 5.74) is 0.422. The number of benzene rings is 2. The summed E-state index contributed by atoms with van der Waals surface area (Å²) < 4.78 is 0.608. The Kier molecular flexibility index (Phi) is 4.42. The van der Waals surface area contributed by atoms with E-state index in [1.54, 1.807) is 12.1 Å². The maximum absolute atomic E-state index is 12.0. The molecule has 0 spiro atoms. The molecule has 3 N–H and O–H groups in total. The Morgan fingerprint density at radius 1 is 1.05 bits per heavy atom. The zero-order valence-electron chi connectivity index (χ0n) is 9.82. The van der Waals surface area contributed by atoms with Gasteiger partial charge in [0.05, 0.1) is 15.7 Å². The molecule has 0 saturated heterocycles. The van der Waals surface area contributed by atoms with Gasteiger partial charge >= 0.3 is 0 Å². The number of nitrogens with one attached hydrogen (secondary N) is 1. The largest absolute Gasteiger partial charge is 0.508 e. The van der Waals surface area contributed by atoms with Gasteiger partial charge in [-0.15, -0.1) is 0 Å². The van der Waals surface area contributed by atoms with E-state index in [1.807, 2.05) is 0 Å². The number of rotatable bonds is 2. The molecule has 0 fully saturated rings. The predicted octanol–water partition coefficient (Wildman–Crippen LogP) is 4.42. The van der Waals surface area contributed by atoms with Crippen molar-refractivity contribution in [3.8, 4) is 11.5 Å². The summed E-state index contributed by atoms with van der Waals surface area (Å²) in [5, 5.41) is 21.7. The first-order chi connectivity index (χ1) is 9.38. The molecule has 0 aliphatic heterocycles. The Hall–Kier alpha value is -1.43. The van der Waals surface area contributed by atoms with E-state index in [0.29, 0.717) is 10.2 Å². The van der Waals surface area contributed by atoms with Gasteiger partial charge < -0.3 is 15.5 Å². The number of hydrogen-bond donors (Lipinski definition) is 3. The number of carbonyl (C=O) groups excluding carboxylic acids is 1. The number of anilines is 1. The second kappa shape index (κ2) is 5.91. The fourth-order valence-electron chi connectivity index (χ4n) is 1.54. The van der Waals surface area contributed by atoms with Crippen molar-refractivity contribution in [2.45, 2.75) is 0 Å². The molecule has 20 heavy (non-hydrogen) atoms. The highest BCUT2D eigenvalue weighted by Crippen LogP contribution is 2.36. The quantitative estimate of drug-likeness (QED) is 0.679. The van der Waals surface area contributed by atoms with Crippen LogP contribution < -0.4 is 5.32 Å². The molecule has 4 nitrogen and oxygen atoms in total. The molecule has 0 bridgehead atoms. The van der Waals surface area contributed by atoms with Gasteiger partial charge in [0.15, 0.2) is 0 Å². The number of hydrogen-bond acceptors (Lipinski definition) is 3. The van der Waals surface area contributed by atoms with Crippen molar-refractivity contribution < 1.29 is 15.0 Å². The molecular weight excluding hydrogens is 369 g/mol. The SMILES string of the molecule is O=C(Nc1ccc(Br)c(Cl)c1Cl)c1cc(O)cc(O)c1. The van der Waals surface area contributed by atoms with E-state index in [2.05, 4.69) is 21.2 Å². The van der Waals surface area contributed by atoms with E-state index in [0.717, 1.165) is 6.07 Å². The molecule has 0 aliphatic carbocycles. The minimum atomic E-state index is -0.531. The van der Waals surface area contributed by atoms with Crippen LogP contribution in [0.15, 0.2) is 34.8 Å². The summed E-state index contributed by atoms with van der Waals surface area (Å²) >= 11 is 15.2. The van der Waals surface area contributed by atoms with Gasteiger partial charge in [0.2, 0.25) is 0 Å². The van der Waals surface area contributed by atoms with Crippen LogP contribution in [0.2, 0.25) is 10.0 Å². The van der Waals surface area contributed by atoms with Crippen molar-refractivity contribution in [1.29, 1.82) is 0 Å². The Morgan fingerprint density at radius 2 is 1.65 bits per heavy atom. The Bertz CT molecular complexity index is 671. The maximum Gasteiger partial charge on any atom is 0.255 e. The van der Waals surface area contributed by atoms with Gasteiger partial charge in [0.25, 0.3) is 5.91 Å². The average Bonchev–Trinajstić information content (AvgIpc) is 2.38. The van der Waals surface area contributed by atoms with Gasteiger partial charge in [-0.05, 0) is 40.2 Å².